The highest BCUT2D eigenvalue weighted by molar-refractivity contribution is 9.10. The van der Waals surface area contributed by atoms with E-state index in [0.29, 0.717) is 16.0 Å². The van der Waals surface area contributed by atoms with E-state index < -0.39 is 17.9 Å². The molecule has 0 radical (unpaired) electrons. The highest BCUT2D eigenvalue weighted by Crippen LogP contribution is 2.40. The third-order valence-electron chi connectivity index (χ3n) is 3.50. The summed E-state index contributed by atoms with van der Waals surface area (Å²) in [6.45, 7) is 2.53. The number of hydrogen-bond donors (Lipinski definition) is 1. The van der Waals surface area contributed by atoms with Crippen LogP contribution in [0.2, 0.25) is 5.02 Å². The topological polar surface area (TPSA) is 57.6 Å². The number of amides is 1. The van der Waals surface area contributed by atoms with Gasteiger partial charge in [-0.2, -0.15) is 0 Å². The zero-order chi connectivity index (χ0) is 14.9. The van der Waals surface area contributed by atoms with Crippen molar-refractivity contribution in [2.45, 2.75) is 25.8 Å². The van der Waals surface area contributed by atoms with E-state index in [4.69, 9.17) is 11.6 Å². The molecule has 0 aliphatic carbocycles. The highest BCUT2D eigenvalue weighted by Gasteiger charge is 2.44. The molecule has 1 N–H and O–H groups in total. The maximum atomic E-state index is 12.0. The maximum absolute atomic E-state index is 12.0. The average molecular weight is 361 g/mol. The van der Waals surface area contributed by atoms with Crippen molar-refractivity contribution in [3.05, 3.63) is 33.3 Å². The molecule has 2 unspecified atom stereocenters. The molecule has 1 saturated heterocycles. The molecule has 0 aromatic heterocycles. The molecule has 20 heavy (non-hydrogen) atoms. The van der Waals surface area contributed by atoms with Crippen LogP contribution in [0.25, 0.3) is 0 Å². The summed E-state index contributed by atoms with van der Waals surface area (Å²) < 4.78 is 0.705. The minimum Gasteiger partial charge on any atom is -0.481 e. The van der Waals surface area contributed by atoms with Crippen LogP contribution in [0.3, 0.4) is 0 Å². The Labute approximate surface area is 130 Å². The number of carboxylic acids is 1. The number of hydrogen-bond acceptors (Lipinski definition) is 2. The molecule has 4 nitrogen and oxygen atoms in total. The Bertz CT molecular complexity index is 549. The normalized spacial score (nSPS) is 22.4. The van der Waals surface area contributed by atoms with Gasteiger partial charge in [0.2, 0.25) is 5.91 Å². The van der Waals surface area contributed by atoms with E-state index in [1.807, 2.05) is 6.92 Å². The monoisotopic (exact) mass is 359 g/mol. The summed E-state index contributed by atoms with van der Waals surface area (Å²) in [5.74, 6) is -1.74. The fourth-order valence-corrected chi connectivity index (χ4v) is 3.14. The van der Waals surface area contributed by atoms with Crippen LogP contribution < -0.4 is 0 Å². The van der Waals surface area contributed by atoms with Crippen molar-refractivity contribution in [1.29, 1.82) is 0 Å². The van der Waals surface area contributed by atoms with Crippen molar-refractivity contribution in [2.75, 3.05) is 6.54 Å². The van der Waals surface area contributed by atoms with E-state index in [1.165, 1.54) is 0 Å². The van der Waals surface area contributed by atoms with Gasteiger partial charge in [0.1, 0.15) is 0 Å². The van der Waals surface area contributed by atoms with Gasteiger partial charge >= 0.3 is 5.97 Å². The Hall–Kier alpha value is -1.07. The lowest BCUT2D eigenvalue weighted by atomic mass is 9.94. The van der Waals surface area contributed by atoms with Crippen LogP contribution in [0.4, 0.5) is 0 Å². The summed E-state index contributed by atoms with van der Waals surface area (Å²) in [6.07, 6.45) is 0.851. The minimum absolute atomic E-state index is 0.0558. The Kier molecular flexibility index (Phi) is 4.70. The summed E-state index contributed by atoms with van der Waals surface area (Å²) in [5.41, 5.74) is 0.799. The van der Waals surface area contributed by atoms with E-state index in [2.05, 4.69) is 15.9 Å². The summed E-state index contributed by atoms with van der Waals surface area (Å²) >= 11 is 9.31. The van der Waals surface area contributed by atoms with Gasteiger partial charge in [0.25, 0.3) is 0 Å². The van der Waals surface area contributed by atoms with E-state index in [0.717, 1.165) is 12.0 Å². The van der Waals surface area contributed by atoms with Crippen LogP contribution >= 0.6 is 27.5 Å². The molecule has 0 spiro atoms. The Morgan fingerprint density at radius 3 is 2.80 bits per heavy atom. The third kappa shape index (κ3) is 2.83. The van der Waals surface area contributed by atoms with E-state index in [-0.39, 0.29) is 12.3 Å². The molecule has 2 rings (SSSR count). The van der Waals surface area contributed by atoms with E-state index in [9.17, 15) is 14.7 Å². The second-order valence-corrected chi connectivity index (χ2v) is 6.12. The SMILES string of the molecule is CCCN1C(=O)CC(C(=O)O)C1c1ccc(Cl)c(Br)c1. The van der Waals surface area contributed by atoms with E-state index in [1.54, 1.807) is 23.1 Å². The lowest BCUT2D eigenvalue weighted by Crippen LogP contribution is -2.31. The molecule has 1 heterocycles. The number of carbonyl (C=O) groups is 2. The number of benzene rings is 1. The third-order valence-corrected chi connectivity index (χ3v) is 4.71. The van der Waals surface area contributed by atoms with Crippen molar-refractivity contribution in [3.63, 3.8) is 0 Å². The number of halogens is 2. The lowest BCUT2D eigenvalue weighted by molar-refractivity contribution is -0.142. The van der Waals surface area contributed by atoms with Crippen LogP contribution in [0.15, 0.2) is 22.7 Å². The summed E-state index contributed by atoms with van der Waals surface area (Å²) in [6, 6.07) is 4.87. The summed E-state index contributed by atoms with van der Waals surface area (Å²) in [5, 5.41) is 9.92. The first-order chi connectivity index (χ1) is 9.45. The van der Waals surface area contributed by atoms with Crippen LogP contribution in [0, 0.1) is 5.92 Å². The predicted molar refractivity (Wildman–Crippen MR) is 79.6 cm³/mol. The van der Waals surface area contributed by atoms with Crippen LogP contribution in [0.5, 0.6) is 0 Å². The molecule has 1 aromatic rings. The molecular weight excluding hydrogens is 346 g/mol. The molecule has 1 aromatic carbocycles. The Balaban J connectivity index is 2.43. The number of carbonyl (C=O) groups excluding carboxylic acids is 1. The van der Waals surface area contributed by atoms with Gasteiger partial charge in [-0.15, -0.1) is 0 Å². The molecule has 108 valence electrons. The summed E-state index contributed by atoms with van der Waals surface area (Å²) in [4.78, 5) is 25.1. The van der Waals surface area contributed by atoms with Gasteiger partial charge < -0.3 is 10.0 Å². The van der Waals surface area contributed by atoms with E-state index >= 15 is 0 Å². The maximum Gasteiger partial charge on any atom is 0.309 e. The number of carboxylic acid groups (broad SMARTS) is 1. The zero-order valence-corrected chi connectivity index (χ0v) is 13.3. The van der Waals surface area contributed by atoms with Gasteiger partial charge in [-0.3, -0.25) is 9.59 Å². The Morgan fingerprint density at radius 2 is 2.25 bits per heavy atom. The van der Waals surface area contributed by atoms with Gasteiger partial charge in [-0.05, 0) is 40.0 Å². The fraction of sp³-hybridized carbons (Fsp3) is 0.429. The first kappa shape index (κ1) is 15.3. The highest BCUT2D eigenvalue weighted by atomic mass is 79.9. The van der Waals surface area contributed by atoms with Gasteiger partial charge in [-0.1, -0.05) is 24.6 Å². The minimum atomic E-state index is -0.937. The van der Waals surface area contributed by atoms with Gasteiger partial charge in [-0.25, -0.2) is 0 Å². The first-order valence-electron chi connectivity index (χ1n) is 6.43. The van der Waals surface area contributed by atoms with Crippen LogP contribution in [-0.4, -0.2) is 28.4 Å². The molecule has 2 atom stereocenters. The summed E-state index contributed by atoms with van der Waals surface area (Å²) in [7, 11) is 0. The molecular formula is C14H15BrClNO3. The van der Waals surface area contributed by atoms with Gasteiger partial charge in [0.05, 0.1) is 17.0 Å². The molecule has 6 heteroatoms. The molecule has 1 amide bonds. The Morgan fingerprint density at radius 1 is 1.55 bits per heavy atom. The quantitative estimate of drug-likeness (QED) is 0.894. The predicted octanol–water partition coefficient (Wildman–Crippen LogP) is 3.49. The van der Waals surface area contributed by atoms with Crippen molar-refractivity contribution in [2.24, 2.45) is 5.92 Å². The number of likely N-dealkylation sites (tertiary alicyclic amines) is 1. The number of rotatable bonds is 4. The standard InChI is InChI=1S/C14H15BrClNO3/c1-2-5-17-12(18)7-9(14(19)20)13(17)8-3-4-11(16)10(15)6-8/h3-4,6,9,13H,2,5,7H2,1H3,(H,19,20). The molecule has 0 bridgehead atoms. The van der Waals surface area contributed by atoms with Crippen molar-refractivity contribution in [1.82, 2.24) is 4.90 Å². The second-order valence-electron chi connectivity index (χ2n) is 4.85. The fourth-order valence-electron chi connectivity index (χ4n) is 2.63. The first-order valence-corrected chi connectivity index (χ1v) is 7.60. The van der Waals surface area contributed by atoms with Gasteiger partial charge in [0, 0.05) is 17.4 Å². The largest absolute Gasteiger partial charge is 0.481 e. The number of aliphatic carboxylic acids is 1. The van der Waals surface area contributed by atoms with Gasteiger partial charge in [0.15, 0.2) is 0 Å². The number of nitrogens with zero attached hydrogens (tertiary/aromatic N) is 1. The molecule has 1 fully saturated rings. The van der Waals surface area contributed by atoms with Crippen molar-refractivity contribution < 1.29 is 14.7 Å². The van der Waals surface area contributed by atoms with Crippen LogP contribution in [-0.2, 0) is 9.59 Å². The van der Waals surface area contributed by atoms with Crippen molar-refractivity contribution in [3.8, 4) is 0 Å². The van der Waals surface area contributed by atoms with Crippen LogP contribution in [0.1, 0.15) is 31.4 Å². The van der Waals surface area contributed by atoms with Crippen molar-refractivity contribution >= 4 is 39.4 Å². The smallest absolute Gasteiger partial charge is 0.309 e. The zero-order valence-electron chi connectivity index (χ0n) is 11.0. The molecule has 1 aliphatic rings. The average Bonchev–Trinajstić information content (AvgIpc) is 2.71. The second kappa shape index (κ2) is 6.14. The lowest BCUT2D eigenvalue weighted by Gasteiger charge is -2.27. The molecule has 0 saturated carbocycles. The molecule has 1 aliphatic heterocycles.